The lowest BCUT2D eigenvalue weighted by Crippen LogP contribution is -2.29. The highest BCUT2D eigenvalue weighted by Crippen LogP contribution is 2.19. The predicted molar refractivity (Wildman–Crippen MR) is 81.5 cm³/mol. The highest BCUT2D eigenvalue weighted by atomic mass is 32.2. The molecule has 2 rings (SSSR count). The summed E-state index contributed by atoms with van der Waals surface area (Å²) in [6, 6.07) is 4.10. The molecule has 6 nitrogen and oxygen atoms in total. The van der Waals surface area contributed by atoms with Gasteiger partial charge in [0.15, 0.2) is 0 Å². The molecule has 7 heteroatoms. The fourth-order valence-electron chi connectivity index (χ4n) is 2.53. The van der Waals surface area contributed by atoms with E-state index < -0.39 is 16.0 Å². The van der Waals surface area contributed by atoms with Gasteiger partial charge in [-0.05, 0) is 49.8 Å². The van der Waals surface area contributed by atoms with Crippen molar-refractivity contribution < 1.29 is 23.1 Å². The molecule has 0 spiro atoms. The normalized spacial score (nSPS) is 19.0. The van der Waals surface area contributed by atoms with Crippen LogP contribution in [-0.2, 0) is 14.8 Å². The lowest BCUT2D eigenvalue weighted by molar-refractivity contribution is 0.0523. The van der Waals surface area contributed by atoms with Gasteiger partial charge in [0.05, 0.1) is 10.5 Å². The van der Waals surface area contributed by atoms with Crippen molar-refractivity contribution in [1.29, 1.82) is 0 Å². The largest absolute Gasteiger partial charge is 0.478 e. The van der Waals surface area contributed by atoms with Gasteiger partial charge in [-0.2, -0.15) is 0 Å². The van der Waals surface area contributed by atoms with Gasteiger partial charge < -0.3 is 9.84 Å². The van der Waals surface area contributed by atoms with Gasteiger partial charge in [0.2, 0.25) is 10.0 Å². The molecule has 2 N–H and O–H groups in total. The number of rotatable bonds is 6. The maximum absolute atomic E-state index is 12.3. The van der Waals surface area contributed by atoms with Crippen molar-refractivity contribution in [3.05, 3.63) is 29.3 Å². The van der Waals surface area contributed by atoms with Crippen LogP contribution in [0.25, 0.3) is 0 Å². The minimum Gasteiger partial charge on any atom is -0.478 e. The molecule has 122 valence electrons. The van der Waals surface area contributed by atoms with Crippen molar-refractivity contribution in [1.82, 2.24) is 4.72 Å². The molecule has 1 aliphatic heterocycles. The first-order chi connectivity index (χ1) is 10.4. The Labute approximate surface area is 130 Å². The van der Waals surface area contributed by atoms with Crippen LogP contribution in [0.5, 0.6) is 0 Å². The van der Waals surface area contributed by atoms with E-state index in [-0.39, 0.29) is 10.5 Å². The van der Waals surface area contributed by atoms with E-state index in [0.717, 1.165) is 25.9 Å². The fourth-order valence-corrected chi connectivity index (χ4v) is 3.85. The molecule has 1 fully saturated rings. The van der Waals surface area contributed by atoms with E-state index in [0.29, 0.717) is 24.6 Å². The standard InChI is InChI=1S/C15H21NO5S/c1-11-4-5-13(15(17)18)9-14(11)22(19,20)16-7-6-12-3-2-8-21-10-12/h4-5,9,12,16H,2-3,6-8,10H2,1H3,(H,17,18)/t12-/m0/s1. The Morgan fingerprint density at radius 1 is 1.45 bits per heavy atom. The lowest BCUT2D eigenvalue weighted by Gasteiger charge is -2.22. The van der Waals surface area contributed by atoms with E-state index in [9.17, 15) is 13.2 Å². The fraction of sp³-hybridized carbons (Fsp3) is 0.533. The molecule has 0 aliphatic carbocycles. The molecule has 1 aromatic rings. The third kappa shape index (κ3) is 4.28. The van der Waals surface area contributed by atoms with Crippen LogP contribution in [0.2, 0.25) is 0 Å². The number of aryl methyl sites for hydroxylation is 1. The van der Waals surface area contributed by atoms with Gasteiger partial charge in [-0.25, -0.2) is 17.9 Å². The number of carbonyl (C=O) groups is 1. The van der Waals surface area contributed by atoms with E-state index >= 15 is 0 Å². The molecule has 22 heavy (non-hydrogen) atoms. The highest BCUT2D eigenvalue weighted by molar-refractivity contribution is 7.89. The van der Waals surface area contributed by atoms with Crippen LogP contribution in [0.3, 0.4) is 0 Å². The summed E-state index contributed by atoms with van der Waals surface area (Å²) in [5.74, 6) is -0.765. The summed E-state index contributed by atoms with van der Waals surface area (Å²) in [6.45, 7) is 3.43. The molecular weight excluding hydrogens is 306 g/mol. The number of benzene rings is 1. The van der Waals surface area contributed by atoms with Gasteiger partial charge in [-0.15, -0.1) is 0 Å². The highest BCUT2D eigenvalue weighted by Gasteiger charge is 2.20. The molecule has 0 unspecified atom stereocenters. The molecule has 0 saturated carbocycles. The Bertz CT molecular complexity index is 635. The number of sulfonamides is 1. The average Bonchev–Trinajstić information content (AvgIpc) is 2.48. The molecule has 0 radical (unpaired) electrons. The van der Waals surface area contributed by atoms with Crippen LogP contribution in [0.15, 0.2) is 23.1 Å². The summed E-state index contributed by atoms with van der Waals surface area (Å²) < 4.78 is 32.6. The second kappa shape index (κ2) is 7.21. The SMILES string of the molecule is Cc1ccc(C(=O)O)cc1S(=O)(=O)NCC[C@@H]1CCCOC1. The van der Waals surface area contributed by atoms with Gasteiger partial charge in [0, 0.05) is 19.8 Å². The topological polar surface area (TPSA) is 92.7 Å². The van der Waals surface area contributed by atoms with Crippen LogP contribution in [-0.4, -0.2) is 39.3 Å². The van der Waals surface area contributed by atoms with Gasteiger partial charge in [0.1, 0.15) is 0 Å². The number of hydrogen-bond donors (Lipinski definition) is 2. The number of hydrogen-bond acceptors (Lipinski definition) is 4. The maximum Gasteiger partial charge on any atom is 0.335 e. The zero-order chi connectivity index (χ0) is 16.2. The van der Waals surface area contributed by atoms with Crippen molar-refractivity contribution in [2.24, 2.45) is 5.92 Å². The van der Waals surface area contributed by atoms with Crippen molar-refractivity contribution in [3.63, 3.8) is 0 Å². The molecule has 1 aliphatic rings. The van der Waals surface area contributed by atoms with Crippen LogP contribution >= 0.6 is 0 Å². The minimum atomic E-state index is -3.70. The van der Waals surface area contributed by atoms with Gasteiger partial charge in [-0.3, -0.25) is 0 Å². The van der Waals surface area contributed by atoms with E-state index in [4.69, 9.17) is 9.84 Å². The third-order valence-corrected chi connectivity index (χ3v) is 5.43. The Balaban J connectivity index is 2.03. The second-order valence-electron chi connectivity index (χ2n) is 5.56. The minimum absolute atomic E-state index is 0.0206. The number of nitrogens with one attached hydrogen (secondary N) is 1. The second-order valence-corrected chi connectivity index (χ2v) is 7.29. The molecule has 0 aromatic heterocycles. The summed E-state index contributed by atoms with van der Waals surface area (Å²) in [6.07, 6.45) is 2.78. The number of carboxylic acids is 1. The summed E-state index contributed by atoms with van der Waals surface area (Å²) >= 11 is 0. The number of ether oxygens (including phenoxy) is 1. The maximum atomic E-state index is 12.3. The molecule has 0 bridgehead atoms. The van der Waals surface area contributed by atoms with Crippen LogP contribution in [0.4, 0.5) is 0 Å². The Hall–Kier alpha value is -1.44. The predicted octanol–water partition coefficient (Wildman–Crippen LogP) is 1.79. The van der Waals surface area contributed by atoms with E-state index in [1.165, 1.54) is 18.2 Å². The molecule has 1 heterocycles. The van der Waals surface area contributed by atoms with E-state index in [1.807, 2.05) is 0 Å². The van der Waals surface area contributed by atoms with Gasteiger partial charge in [0.25, 0.3) is 0 Å². The monoisotopic (exact) mass is 327 g/mol. The molecule has 0 amide bonds. The average molecular weight is 327 g/mol. The molecular formula is C15H21NO5S. The quantitative estimate of drug-likeness (QED) is 0.831. The van der Waals surface area contributed by atoms with Crippen molar-refractivity contribution >= 4 is 16.0 Å². The number of aromatic carboxylic acids is 1. The first-order valence-corrected chi connectivity index (χ1v) is 8.80. The van der Waals surface area contributed by atoms with Gasteiger partial charge >= 0.3 is 5.97 Å². The van der Waals surface area contributed by atoms with Crippen LogP contribution in [0, 0.1) is 12.8 Å². The Morgan fingerprint density at radius 2 is 2.23 bits per heavy atom. The summed E-state index contributed by atoms with van der Waals surface area (Å²) in [5.41, 5.74) is 0.491. The first-order valence-electron chi connectivity index (χ1n) is 7.31. The number of carboxylic acid groups (broad SMARTS) is 1. The van der Waals surface area contributed by atoms with Crippen LogP contribution < -0.4 is 4.72 Å². The Kier molecular flexibility index (Phi) is 5.55. The zero-order valence-corrected chi connectivity index (χ0v) is 13.4. The van der Waals surface area contributed by atoms with Gasteiger partial charge in [-0.1, -0.05) is 6.07 Å². The van der Waals surface area contributed by atoms with E-state index in [2.05, 4.69) is 4.72 Å². The van der Waals surface area contributed by atoms with Crippen molar-refractivity contribution in [3.8, 4) is 0 Å². The summed E-state index contributed by atoms with van der Waals surface area (Å²) in [4.78, 5) is 11.0. The zero-order valence-electron chi connectivity index (χ0n) is 12.5. The summed E-state index contributed by atoms with van der Waals surface area (Å²) in [7, 11) is -3.70. The summed E-state index contributed by atoms with van der Waals surface area (Å²) in [5, 5.41) is 8.98. The lowest BCUT2D eigenvalue weighted by atomic mass is 9.99. The smallest absolute Gasteiger partial charge is 0.335 e. The first kappa shape index (κ1) is 16.9. The van der Waals surface area contributed by atoms with Crippen molar-refractivity contribution in [2.75, 3.05) is 19.8 Å². The van der Waals surface area contributed by atoms with E-state index in [1.54, 1.807) is 6.92 Å². The Morgan fingerprint density at radius 3 is 2.86 bits per heavy atom. The molecule has 1 saturated heterocycles. The third-order valence-electron chi connectivity index (χ3n) is 3.82. The van der Waals surface area contributed by atoms with Crippen LogP contribution in [0.1, 0.15) is 35.2 Å². The molecule has 1 aromatic carbocycles. The molecule has 1 atom stereocenters. The van der Waals surface area contributed by atoms with Crippen molar-refractivity contribution in [2.45, 2.75) is 31.1 Å².